The van der Waals surface area contributed by atoms with Gasteiger partial charge in [-0.15, -0.1) is 0 Å². The second-order valence-corrected chi connectivity index (χ2v) is 8.38. The van der Waals surface area contributed by atoms with Crippen LogP contribution in [-0.4, -0.2) is 49.3 Å². The molecule has 1 amide bonds. The molecule has 6 nitrogen and oxygen atoms in total. The summed E-state index contributed by atoms with van der Waals surface area (Å²) in [5.74, 6) is 1.26. The molecule has 3 aromatic rings. The number of nitrogens with one attached hydrogen (secondary N) is 1. The van der Waals surface area contributed by atoms with Crippen molar-refractivity contribution >= 4 is 34.7 Å². The minimum Gasteiger partial charge on any atom is -0.456 e. The third-order valence-corrected chi connectivity index (χ3v) is 5.89. The quantitative estimate of drug-likeness (QED) is 0.494. The summed E-state index contributed by atoms with van der Waals surface area (Å²) in [4.78, 5) is 28.4. The Kier molecular flexibility index (Phi) is 7.27. The second-order valence-electron chi connectivity index (χ2n) is 7.97. The number of anilines is 2. The summed E-state index contributed by atoms with van der Waals surface area (Å²) >= 11 is 6.13. The van der Waals surface area contributed by atoms with E-state index < -0.39 is 0 Å². The number of amides is 1. The van der Waals surface area contributed by atoms with E-state index in [4.69, 9.17) is 16.3 Å². The van der Waals surface area contributed by atoms with Crippen LogP contribution in [0.3, 0.4) is 0 Å². The SMILES string of the molecule is CC(=O)c1ccc(N2CCN(CC(=O)Nc3ccc(Oc4ccccc4Cl)cc3)CC2)cc1. The van der Waals surface area contributed by atoms with E-state index >= 15 is 0 Å². The van der Waals surface area contributed by atoms with Crippen molar-refractivity contribution in [3.63, 3.8) is 0 Å². The fourth-order valence-electron chi connectivity index (χ4n) is 3.74. The lowest BCUT2D eigenvalue weighted by Crippen LogP contribution is -2.48. The second kappa shape index (κ2) is 10.5. The first-order valence-electron chi connectivity index (χ1n) is 10.9. The van der Waals surface area contributed by atoms with Gasteiger partial charge in [0.1, 0.15) is 11.5 Å². The van der Waals surface area contributed by atoms with Gasteiger partial charge in [0.2, 0.25) is 5.91 Å². The van der Waals surface area contributed by atoms with Crippen molar-refractivity contribution in [1.29, 1.82) is 0 Å². The molecule has 7 heteroatoms. The first-order chi connectivity index (χ1) is 16.0. The first-order valence-corrected chi connectivity index (χ1v) is 11.3. The van der Waals surface area contributed by atoms with Gasteiger partial charge in [0.15, 0.2) is 5.78 Å². The molecule has 0 aliphatic carbocycles. The average molecular weight is 464 g/mol. The molecule has 0 saturated carbocycles. The number of nitrogens with zero attached hydrogens (tertiary/aromatic N) is 2. The molecule has 1 aliphatic rings. The minimum absolute atomic E-state index is 0.0472. The van der Waals surface area contributed by atoms with E-state index in [2.05, 4.69) is 15.1 Å². The lowest BCUT2D eigenvalue weighted by Gasteiger charge is -2.35. The summed E-state index contributed by atoms with van der Waals surface area (Å²) in [6.45, 7) is 5.18. The molecule has 0 unspecified atom stereocenters. The van der Waals surface area contributed by atoms with Crippen LogP contribution in [0.5, 0.6) is 11.5 Å². The molecule has 3 aromatic carbocycles. The Labute approximate surface area is 198 Å². The normalized spacial score (nSPS) is 14.1. The molecular weight excluding hydrogens is 438 g/mol. The molecule has 0 radical (unpaired) electrons. The lowest BCUT2D eigenvalue weighted by molar-refractivity contribution is -0.117. The summed E-state index contributed by atoms with van der Waals surface area (Å²) in [6, 6.07) is 22.2. The molecule has 1 aliphatic heterocycles. The molecule has 1 heterocycles. The maximum Gasteiger partial charge on any atom is 0.238 e. The fraction of sp³-hybridized carbons (Fsp3) is 0.231. The van der Waals surface area contributed by atoms with Crippen molar-refractivity contribution in [3.8, 4) is 11.5 Å². The number of hydrogen-bond acceptors (Lipinski definition) is 5. The van der Waals surface area contributed by atoms with Crippen molar-refractivity contribution in [1.82, 2.24) is 4.90 Å². The van der Waals surface area contributed by atoms with Gasteiger partial charge in [0.05, 0.1) is 11.6 Å². The molecule has 0 spiro atoms. The zero-order chi connectivity index (χ0) is 23.2. The van der Waals surface area contributed by atoms with E-state index in [9.17, 15) is 9.59 Å². The smallest absolute Gasteiger partial charge is 0.238 e. The number of Topliss-reactive ketones (excluding diaryl/α,β-unsaturated/α-hetero) is 1. The Morgan fingerprint density at radius 3 is 2.21 bits per heavy atom. The number of halogens is 1. The number of hydrogen-bond donors (Lipinski definition) is 1. The van der Waals surface area contributed by atoms with E-state index in [0.717, 1.165) is 43.1 Å². The highest BCUT2D eigenvalue weighted by Gasteiger charge is 2.19. The zero-order valence-electron chi connectivity index (χ0n) is 18.5. The summed E-state index contributed by atoms with van der Waals surface area (Å²) in [5.41, 5.74) is 2.54. The Morgan fingerprint density at radius 1 is 0.909 bits per heavy atom. The summed E-state index contributed by atoms with van der Waals surface area (Å²) in [6.07, 6.45) is 0. The third kappa shape index (κ3) is 6.12. The summed E-state index contributed by atoms with van der Waals surface area (Å²) in [7, 11) is 0. The number of ether oxygens (including phenoxy) is 1. The largest absolute Gasteiger partial charge is 0.456 e. The molecular formula is C26H26ClN3O3. The van der Waals surface area contributed by atoms with Crippen LogP contribution in [0.25, 0.3) is 0 Å². The van der Waals surface area contributed by atoms with Crippen molar-refractivity contribution in [2.75, 3.05) is 42.9 Å². The number of para-hydroxylation sites is 1. The average Bonchev–Trinajstić information content (AvgIpc) is 2.82. The van der Waals surface area contributed by atoms with Crippen molar-refractivity contribution < 1.29 is 14.3 Å². The predicted octanol–water partition coefficient (Wildman–Crippen LogP) is 5.10. The monoisotopic (exact) mass is 463 g/mol. The maximum atomic E-state index is 12.5. The lowest BCUT2D eigenvalue weighted by atomic mass is 10.1. The van der Waals surface area contributed by atoms with Gasteiger partial charge in [0, 0.05) is 43.1 Å². The number of carbonyl (C=O) groups is 2. The highest BCUT2D eigenvalue weighted by atomic mass is 35.5. The number of ketones is 1. The molecule has 1 fully saturated rings. The Bertz CT molecular complexity index is 1110. The molecule has 170 valence electrons. The zero-order valence-corrected chi connectivity index (χ0v) is 19.2. The van der Waals surface area contributed by atoms with E-state index in [1.807, 2.05) is 48.5 Å². The maximum absolute atomic E-state index is 12.5. The number of rotatable bonds is 7. The van der Waals surface area contributed by atoms with E-state index in [-0.39, 0.29) is 11.7 Å². The van der Waals surface area contributed by atoms with Gasteiger partial charge in [-0.25, -0.2) is 0 Å². The predicted molar refractivity (Wildman–Crippen MR) is 132 cm³/mol. The van der Waals surface area contributed by atoms with Crippen molar-refractivity contribution in [2.24, 2.45) is 0 Å². The standard InChI is InChI=1S/C26H26ClN3O3/c1-19(31)20-6-10-22(11-7-20)30-16-14-29(15-17-30)18-26(32)28-21-8-12-23(13-9-21)33-25-5-3-2-4-24(25)27/h2-13H,14-18H2,1H3,(H,28,32). The van der Waals surface area contributed by atoms with E-state index in [0.29, 0.717) is 23.1 Å². The van der Waals surface area contributed by atoms with Crippen LogP contribution < -0.4 is 15.0 Å². The van der Waals surface area contributed by atoms with Crippen LogP contribution in [0, 0.1) is 0 Å². The van der Waals surface area contributed by atoms with E-state index in [1.165, 1.54) is 0 Å². The van der Waals surface area contributed by atoms with Gasteiger partial charge in [-0.2, -0.15) is 0 Å². The highest BCUT2D eigenvalue weighted by Crippen LogP contribution is 2.29. The fourth-order valence-corrected chi connectivity index (χ4v) is 3.91. The topological polar surface area (TPSA) is 61.9 Å². The molecule has 4 rings (SSSR count). The first kappa shape index (κ1) is 22.8. The summed E-state index contributed by atoms with van der Waals surface area (Å²) in [5, 5.41) is 3.49. The van der Waals surface area contributed by atoms with Crippen molar-refractivity contribution in [3.05, 3.63) is 83.4 Å². The number of piperazine rings is 1. The number of carbonyl (C=O) groups excluding carboxylic acids is 2. The van der Waals surface area contributed by atoms with Crippen LogP contribution in [0.2, 0.25) is 5.02 Å². The van der Waals surface area contributed by atoms with Crippen LogP contribution in [-0.2, 0) is 4.79 Å². The molecule has 33 heavy (non-hydrogen) atoms. The van der Waals surface area contributed by atoms with Gasteiger partial charge < -0.3 is 15.0 Å². The Balaban J connectivity index is 1.24. The van der Waals surface area contributed by atoms with Gasteiger partial charge in [0.25, 0.3) is 0 Å². The van der Waals surface area contributed by atoms with Gasteiger partial charge in [-0.3, -0.25) is 14.5 Å². The highest BCUT2D eigenvalue weighted by molar-refractivity contribution is 6.32. The van der Waals surface area contributed by atoms with Gasteiger partial charge >= 0.3 is 0 Å². The van der Waals surface area contributed by atoms with E-state index in [1.54, 1.807) is 31.2 Å². The molecule has 1 N–H and O–H groups in total. The van der Waals surface area contributed by atoms with Gasteiger partial charge in [-0.05, 0) is 67.6 Å². The third-order valence-electron chi connectivity index (χ3n) is 5.58. The Morgan fingerprint density at radius 2 is 1.58 bits per heavy atom. The van der Waals surface area contributed by atoms with Crippen LogP contribution in [0.4, 0.5) is 11.4 Å². The van der Waals surface area contributed by atoms with Crippen LogP contribution in [0.1, 0.15) is 17.3 Å². The Hall–Kier alpha value is -3.35. The minimum atomic E-state index is -0.0472. The van der Waals surface area contributed by atoms with Crippen molar-refractivity contribution in [2.45, 2.75) is 6.92 Å². The summed E-state index contributed by atoms with van der Waals surface area (Å²) < 4.78 is 5.78. The number of benzene rings is 3. The molecule has 0 aromatic heterocycles. The van der Waals surface area contributed by atoms with Crippen LogP contribution in [0.15, 0.2) is 72.8 Å². The molecule has 1 saturated heterocycles. The molecule has 0 bridgehead atoms. The molecule has 0 atom stereocenters. The van der Waals surface area contributed by atoms with Crippen LogP contribution >= 0.6 is 11.6 Å². The van der Waals surface area contributed by atoms with Gasteiger partial charge in [-0.1, -0.05) is 23.7 Å².